The molecule has 0 bridgehead atoms. The van der Waals surface area contributed by atoms with Crippen LogP contribution < -0.4 is 9.08 Å². The van der Waals surface area contributed by atoms with E-state index in [0.29, 0.717) is 5.75 Å². The summed E-state index contributed by atoms with van der Waals surface area (Å²) in [7, 11) is -2.82. The zero-order chi connectivity index (χ0) is 17.1. The van der Waals surface area contributed by atoms with Crippen molar-refractivity contribution in [1.29, 1.82) is 0 Å². The number of hydrogen-bond acceptors (Lipinski definition) is 6. The van der Waals surface area contributed by atoms with Crippen LogP contribution in [0.15, 0.2) is 18.2 Å². The second-order valence-corrected chi connectivity index (χ2v) is 11.2. The van der Waals surface area contributed by atoms with Crippen LogP contribution in [-0.4, -0.2) is 38.8 Å². The largest absolute Gasteiger partial charge is 0.707 e. The van der Waals surface area contributed by atoms with E-state index in [1.807, 2.05) is 0 Å². The first-order valence-corrected chi connectivity index (χ1v) is 9.82. The second-order valence-electron chi connectivity index (χ2n) is 6.49. The van der Waals surface area contributed by atoms with Gasteiger partial charge in [-0.15, -0.1) is 0 Å². The van der Waals surface area contributed by atoms with Gasteiger partial charge in [-0.05, 0) is 30.3 Å². The van der Waals surface area contributed by atoms with Gasteiger partial charge in [0.25, 0.3) is 0 Å². The lowest BCUT2D eigenvalue weighted by atomic mass is 10.2. The fourth-order valence-corrected chi connectivity index (χ4v) is 2.52. The lowest BCUT2D eigenvalue weighted by molar-refractivity contribution is 0.0600. The van der Waals surface area contributed by atoms with Gasteiger partial charge in [0, 0.05) is 6.07 Å². The van der Waals surface area contributed by atoms with Crippen molar-refractivity contribution in [1.82, 2.24) is 0 Å². The highest BCUT2D eigenvalue weighted by atomic mass is 28.4. The Balaban J connectivity index is 3.20. The van der Waals surface area contributed by atoms with E-state index in [1.54, 1.807) is 6.07 Å². The summed E-state index contributed by atoms with van der Waals surface area (Å²) in [4.78, 5) is 11.7. The molecule has 0 aliphatic carbocycles. The van der Waals surface area contributed by atoms with Gasteiger partial charge >= 0.3 is 13.3 Å². The average Bonchev–Trinajstić information content (AvgIpc) is 2.34. The summed E-state index contributed by atoms with van der Waals surface area (Å²) in [5, 5.41) is 17.8. The van der Waals surface area contributed by atoms with Gasteiger partial charge in [0.1, 0.15) is 11.5 Å². The topological polar surface area (TPSA) is 85.2 Å². The number of hydrogen-bond donors (Lipinski definition) is 2. The molecule has 6 nitrogen and oxygen atoms in total. The van der Waals surface area contributed by atoms with E-state index in [4.69, 9.17) is 19.1 Å². The SMILES string of the molecule is COC(=O)c1cc(OB(O)O)cc(O[Si](C)(C)C(C)(C)C)c1. The summed E-state index contributed by atoms with van der Waals surface area (Å²) in [6, 6.07) is 4.44. The van der Waals surface area contributed by atoms with Gasteiger partial charge in [-0.25, -0.2) is 4.79 Å². The molecule has 0 heterocycles. The summed E-state index contributed by atoms with van der Waals surface area (Å²) in [6.45, 7) is 10.4. The van der Waals surface area contributed by atoms with Gasteiger partial charge in [0.2, 0.25) is 8.32 Å². The van der Waals surface area contributed by atoms with Gasteiger partial charge in [0.05, 0.1) is 12.7 Å². The van der Waals surface area contributed by atoms with Crippen molar-refractivity contribution in [2.75, 3.05) is 7.11 Å². The highest BCUT2D eigenvalue weighted by Crippen LogP contribution is 2.38. The second kappa shape index (κ2) is 6.72. The Morgan fingerprint density at radius 1 is 1.14 bits per heavy atom. The minimum Gasteiger partial charge on any atom is -0.543 e. The summed E-state index contributed by atoms with van der Waals surface area (Å²) < 4.78 is 15.6. The molecule has 1 aromatic carbocycles. The number of methoxy groups -OCH3 is 1. The average molecular weight is 326 g/mol. The van der Waals surface area contributed by atoms with Crippen LogP contribution in [-0.2, 0) is 4.74 Å². The molecule has 0 aliphatic rings. The maximum atomic E-state index is 11.7. The highest BCUT2D eigenvalue weighted by molar-refractivity contribution is 6.74. The van der Waals surface area contributed by atoms with Crippen molar-refractivity contribution in [3.05, 3.63) is 23.8 Å². The number of benzene rings is 1. The maximum Gasteiger partial charge on any atom is 0.707 e. The summed E-state index contributed by atoms with van der Waals surface area (Å²) in [6.07, 6.45) is 0. The lowest BCUT2D eigenvalue weighted by Crippen LogP contribution is -2.43. The monoisotopic (exact) mass is 326 g/mol. The van der Waals surface area contributed by atoms with Gasteiger partial charge in [-0.2, -0.15) is 0 Å². The molecule has 0 aliphatic heterocycles. The summed E-state index contributed by atoms with van der Waals surface area (Å²) in [5.41, 5.74) is 0.217. The molecule has 0 saturated carbocycles. The number of esters is 1. The Morgan fingerprint density at radius 3 is 2.14 bits per heavy atom. The summed E-state index contributed by atoms with van der Waals surface area (Å²) in [5.74, 6) is -0.00490. The number of ether oxygens (including phenoxy) is 1. The highest BCUT2D eigenvalue weighted by Gasteiger charge is 2.39. The number of carbonyl (C=O) groups excluding carboxylic acids is 1. The van der Waals surface area contributed by atoms with Crippen molar-refractivity contribution in [2.45, 2.75) is 38.9 Å². The first kappa shape index (κ1) is 18.5. The molecule has 0 fully saturated rings. The van der Waals surface area contributed by atoms with E-state index in [9.17, 15) is 4.79 Å². The Bertz CT molecular complexity index is 539. The minimum atomic E-state index is -2.11. The number of rotatable bonds is 5. The van der Waals surface area contributed by atoms with Crippen molar-refractivity contribution < 1.29 is 28.7 Å². The lowest BCUT2D eigenvalue weighted by Gasteiger charge is -2.36. The smallest absolute Gasteiger partial charge is 0.543 e. The predicted molar refractivity (Wildman–Crippen MR) is 86.4 cm³/mol. The van der Waals surface area contributed by atoms with E-state index in [1.165, 1.54) is 19.2 Å². The Kier molecular flexibility index (Phi) is 5.66. The molecule has 122 valence electrons. The van der Waals surface area contributed by atoms with Crippen molar-refractivity contribution in [3.8, 4) is 11.5 Å². The van der Waals surface area contributed by atoms with E-state index < -0.39 is 21.6 Å². The third-order valence-corrected chi connectivity index (χ3v) is 8.08. The van der Waals surface area contributed by atoms with Crippen molar-refractivity contribution >= 4 is 21.6 Å². The van der Waals surface area contributed by atoms with Crippen LogP contribution in [0.5, 0.6) is 11.5 Å². The van der Waals surface area contributed by atoms with Crippen LogP contribution >= 0.6 is 0 Å². The van der Waals surface area contributed by atoms with Crippen LogP contribution in [0.2, 0.25) is 18.1 Å². The molecule has 0 saturated heterocycles. The Hall–Kier alpha value is -1.51. The van der Waals surface area contributed by atoms with Crippen LogP contribution in [0.25, 0.3) is 0 Å². The van der Waals surface area contributed by atoms with Crippen molar-refractivity contribution in [3.63, 3.8) is 0 Å². The molecule has 22 heavy (non-hydrogen) atoms. The molecule has 0 aromatic heterocycles. The third-order valence-electron chi connectivity index (χ3n) is 3.72. The molecule has 0 amide bonds. The third kappa shape index (κ3) is 4.76. The minimum absolute atomic E-state index is 0.0220. The number of carbonyl (C=O) groups is 1. The molecular formula is C14H23BO6Si. The van der Waals surface area contributed by atoms with E-state index >= 15 is 0 Å². The van der Waals surface area contributed by atoms with Gasteiger partial charge < -0.3 is 23.9 Å². The molecule has 0 unspecified atom stereocenters. The first-order valence-electron chi connectivity index (χ1n) is 6.91. The molecule has 1 rings (SSSR count). The molecule has 8 heteroatoms. The molecular weight excluding hydrogens is 303 g/mol. The fraction of sp³-hybridized carbons (Fsp3) is 0.500. The summed E-state index contributed by atoms with van der Waals surface area (Å²) >= 11 is 0. The normalized spacial score (nSPS) is 11.8. The Labute approximate surface area is 132 Å². The van der Waals surface area contributed by atoms with E-state index in [2.05, 4.69) is 38.6 Å². The zero-order valence-electron chi connectivity index (χ0n) is 13.8. The van der Waals surface area contributed by atoms with E-state index in [-0.39, 0.29) is 16.4 Å². The van der Waals surface area contributed by atoms with E-state index in [0.717, 1.165) is 0 Å². The van der Waals surface area contributed by atoms with Crippen LogP contribution in [0.3, 0.4) is 0 Å². The predicted octanol–water partition coefficient (Wildman–Crippen LogP) is 2.21. The van der Waals surface area contributed by atoms with Crippen LogP contribution in [0.4, 0.5) is 0 Å². The first-order chi connectivity index (χ1) is 9.96. The molecule has 0 spiro atoms. The molecule has 2 N–H and O–H groups in total. The standard InChI is InChI=1S/C14H23BO6Si/c1-14(2,3)22(5,6)21-12-8-10(13(16)19-4)7-11(9-12)20-15(17)18/h7-9,17-18H,1-6H3. The maximum absolute atomic E-state index is 11.7. The zero-order valence-corrected chi connectivity index (χ0v) is 14.8. The van der Waals surface area contributed by atoms with Crippen LogP contribution in [0, 0.1) is 0 Å². The quantitative estimate of drug-likeness (QED) is 0.637. The Morgan fingerprint density at radius 2 is 1.68 bits per heavy atom. The molecule has 1 aromatic rings. The molecule has 0 atom stereocenters. The van der Waals surface area contributed by atoms with Crippen molar-refractivity contribution in [2.24, 2.45) is 0 Å². The van der Waals surface area contributed by atoms with Crippen LogP contribution in [0.1, 0.15) is 31.1 Å². The molecule has 0 radical (unpaired) electrons. The van der Waals surface area contributed by atoms with Gasteiger partial charge in [0.15, 0.2) is 0 Å². The van der Waals surface area contributed by atoms with Gasteiger partial charge in [-0.1, -0.05) is 20.8 Å². The fourth-order valence-electron chi connectivity index (χ4n) is 1.50. The van der Waals surface area contributed by atoms with Gasteiger partial charge in [-0.3, -0.25) is 0 Å².